The molecule has 0 N–H and O–H groups in total. The molecule has 2 rings (SSSR count). The largest absolute Gasteiger partial charge is 0.373 e. The fourth-order valence-electron chi connectivity index (χ4n) is 3.11. The van der Waals surface area contributed by atoms with Gasteiger partial charge >= 0.3 is 5.97 Å². The van der Waals surface area contributed by atoms with Crippen LogP contribution < -0.4 is 0 Å². The van der Waals surface area contributed by atoms with Gasteiger partial charge in [0, 0.05) is 0 Å². The minimum absolute atomic E-state index is 0.377. The average molecular weight is 303 g/mol. The second kappa shape index (κ2) is 7.28. The van der Waals surface area contributed by atoms with Gasteiger partial charge in [-0.2, -0.15) is 4.89 Å². The smallest absolute Gasteiger partial charge is 0.292 e. The molecule has 1 radical (unpaired) electrons. The van der Waals surface area contributed by atoms with Crippen LogP contribution >= 0.6 is 0 Å². The third-order valence-corrected chi connectivity index (χ3v) is 4.58. The summed E-state index contributed by atoms with van der Waals surface area (Å²) in [6.45, 7) is 10.5. The predicted molar refractivity (Wildman–Crippen MR) is 87.0 cm³/mol. The van der Waals surface area contributed by atoms with Gasteiger partial charge in [0.1, 0.15) is 0 Å². The zero-order valence-corrected chi connectivity index (χ0v) is 14.3. The number of benzene rings is 1. The Bertz CT molecular complexity index is 521. The van der Waals surface area contributed by atoms with Crippen LogP contribution in [-0.2, 0) is 9.78 Å². The van der Waals surface area contributed by atoms with Crippen LogP contribution in [0.1, 0.15) is 61.5 Å². The zero-order chi connectivity index (χ0) is 16.3. The fourth-order valence-corrected chi connectivity index (χ4v) is 3.11. The van der Waals surface area contributed by atoms with E-state index in [1.54, 1.807) is 0 Å². The molecule has 0 heterocycles. The standard InChI is InChI=1S/C19H27O3/c1-12(2)16-9-7-14(4)11-18(16)21-22-19(20)17-10-13(3)6-8-15(17)5/h6,8,10,12,14,16H,7,9,11H2,1-5H3. The van der Waals surface area contributed by atoms with Crippen LogP contribution in [-0.4, -0.2) is 5.97 Å². The van der Waals surface area contributed by atoms with Gasteiger partial charge in [-0.1, -0.05) is 44.9 Å². The van der Waals surface area contributed by atoms with Gasteiger partial charge in [-0.25, -0.2) is 4.79 Å². The quantitative estimate of drug-likeness (QED) is 0.579. The first-order chi connectivity index (χ1) is 10.4. The molecule has 0 spiro atoms. The molecule has 3 nitrogen and oxygen atoms in total. The van der Waals surface area contributed by atoms with Crippen molar-refractivity contribution in [2.75, 3.05) is 0 Å². The highest BCUT2D eigenvalue weighted by Crippen LogP contribution is 2.40. The van der Waals surface area contributed by atoms with Gasteiger partial charge in [0.25, 0.3) is 0 Å². The average Bonchev–Trinajstić information content (AvgIpc) is 2.47. The van der Waals surface area contributed by atoms with Crippen molar-refractivity contribution in [3.8, 4) is 0 Å². The van der Waals surface area contributed by atoms with E-state index in [-0.39, 0.29) is 0 Å². The van der Waals surface area contributed by atoms with Crippen molar-refractivity contribution < 1.29 is 14.6 Å². The second-order valence-corrected chi connectivity index (χ2v) is 6.98. The summed E-state index contributed by atoms with van der Waals surface area (Å²) in [5.41, 5.74) is 2.52. The molecule has 1 fully saturated rings. The molecule has 1 aliphatic rings. The maximum atomic E-state index is 12.3. The molecular formula is C19H27O3. The van der Waals surface area contributed by atoms with Crippen molar-refractivity contribution in [2.45, 2.75) is 53.9 Å². The summed E-state index contributed by atoms with van der Waals surface area (Å²) < 4.78 is 0. The topological polar surface area (TPSA) is 35.5 Å². The third kappa shape index (κ3) is 4.10. The Kier molecular flexibility index (Phi) is 5.63. The lowest BCUT2D eigenvalue weighted by Gasteiger charge is -2.34. The van der Waals surface area contributed by atoms with Crippen LogP contribution in [0.25, 0.3) is 0 Å². The zero-order valence-electron chi connectivity index (χ0n) is 14.3. The van der Waals surface area contributed by atoms with Crippen molar-refractivity contribution in [1.29, 1.82) is 0 Å². The Hall–Kier alpha value is -1.35. The maximum Gasteiger partial charge on any atom is 0.373 e. The van der Waals surface area contributed by atoms with Gasteiger partial charge in [0.05, 0.1) is 5.56 Å². The van der Waals surface area contributed by atoms with Crippen molar-refractivity contribution in [2.24, 2.45) is 17.8 Å². The maximum absolute atomic E-state index is 12.3. The van der Waals surface area contributed by atoms with Crippen LogP contribution in [0, 0.1) is 37.7 Å². The molecule has 2 unspecified atom stereocenters. The molecule has 22 heavy (non-hydrogen) atoms. The van der Waals surface area contributed by atoms with Gasteiger partial charge in [-0.3, -0.25) is 4.89 Å². The number of aryl methyl sites for hydroxylation is 2. The van der Waals surface area contributed by atoms with Crippen molar-refractivity contribution in [3.05, 3.63) is 41.0 Å². The molecule has 1 aliphatic carbocycles. The number of hydrogen-bond acceptors (Lipinski definition) is 3. The minimum Gasteiger partial charge on any atom is -0.292 e. The lowest BCUT2D eigenvalue weighted by atomic mass is 9.75. The molecule has 121 valence electrons. The van der Waals surface area contributed by atoms with E-state index >= 15 is 0 Å². The first-order valence-electron chi connectivity index (χ1n) is 8.20. The van der Waals surface area contributed by atoms with E-state index in [0.29, 0.717) is 23.3 Å². The van der Waals surface area contributed by atoms with E-state index < -0.39 is 5.97 Å². The molecule has 0 amide bonds. The lowest BCUT2D eigenvalue weighted by Crippen LogP contribution is -2.28. The Balaban J connectivity index is 2.01. The summed E-state index contributed by atoms with van der Waals surface area (Å²) in [5, 5.41) is 0. The van der Waals surface area contributed by atoms with E-state index in [1.807, 2.05) is 32.0 Å². The molecule has 3 heteroatoms. The Morgan fingerprint density at radius 1 is 1.23 bits per heavy atom. The molecule has 0 saturated heterocycles. The summed E-state index contributed by atoms with van der Waals surface area (Å²) in [6, 6.07) is 5.76. The molecule has 1 aromatic rings. The molecule has 1 saturated carbocycles. The van der Waals surface area contributed by atoms with Gasteiger partial charge in [-0.15, -0.1) is 0 Å². The van der Waals surface area contributed by atoms with Crippen LogP contribution in [0.2, 0.25) is 0 Å². The molecule has 0 aliphatic heterocycles. The molecule has 2 atom stereocenters. The predicted octanol–water partition coefficient (Wildman–Crippen LogP) is 5.02. The van der Waals surface area contributed by atoms with Gasteiger partial charge < -0.3 is 0 Å². The highest BCUT2D eigenvalue weighted by Gasteiger charge is 2.34. The van der Waals surface area contributed by atoms with E-state index in [4.69, 9.17) is 9.78 Å². The molecule has 0 bridgehead atoms. The van der Waals surface area contributed by atoms with E-state index in [9.17, 15) is 4.79 Å². The summed E-state index contributed by atoms with van der Waals surface area (Å²) >= 11 is 0. The number of rotatable bonds is 4. The van der Waals surface area contributed by atoms with Crippen LogP contribution in [0.4, 0.5) is 0 Å². The lowest BCUT2D eigenvalue weighted by molar-refractivity contribution is -0.251. The molecule has 1 aromatic carbocycles. The van der Waals surface area contributed by atoms with Crippen LogP contribution in [0.15, 0.2) is 18.2 Å². The van der Waals surface area contributed by atoms with E-state index in [0.717, 1.165) is 30.1 Å². The van der Waals surface area contributed by atoms with E-state index in [2.05, 4.69) is 20.8 Å². The van der Waals surface area contributed by atoms with Crippen molar-refractivity contribution in [1.82, 2.24) is 0 Å². The first-order valence-corrected chi connectivity index (χ1v) is 8.20. The van der Waals surface area contributed by atoms with Gasteiger partial charge in [0.2, 0.25) is 0 Å². The van der Waals surface area contributed by atoms with Crippen molar-refractivity contribution >= 4 is 5.97 Å². The van der Waals surface area contributed by atoms with Crippen molar-refractivity contribution in [3.63, 3.8) is 0 Å². The summed E-state index contributed by atoms with van der Waals surface area (Å²) in [6.07, 6.45) is 4.12. The normalized spacial score (nSPS) is 22.8. The van der Waals surface area contributed by atoms with Crippen LogP contribution in [0.5, 0.6) is 0 Å². The number of carbonyl (C=O) groups is 1. The SMILES string of the molecule is Cc1ccc(C)c(C(=O)OO[C]2CC(C)CCC2C(C)C)c1. The monoisotopic (exact) mass is 303 g/mol. The summed E-state index contributed by atoms with van der Waals surface area (Å²) in [4.78, 5) is 22.9. The second-order valence-electron chi connectivity index (χ2n) is 6.98. The number of hydrogen-bond donors (Lipinski definition) is 0. The summed E-state index contributed by atoms with van der Waals surface area (Å²) in [5.74, 6) is 1.06. The minimum atomic E-state index is -0.408. The highest BCUT2D eigenvalue weighted by molar-refractivity contribution is 5.90. The third-order valence-electron chi connectivity index (χ3n) is 4.58. The van der Waals surface area contributed by atoms with Gasteiger partial charge in [0.15, 0.2) is 6.10 Å². The van der Waals surface area contributed by atoms with E-state index in [1.165, 1.54) is 6.42 Å². The Labute approximate surface area is 133 Å². The van der Waals surface area contributed by atoms with Crippen LogP contribution in [0.3, 0.4) is 0 Å². The highest BCUT2D eigenvalue weighted by atomic mass is 17.2. The summed E-state index contributed by atoms with van der Waals surface area (Å²) in [7, 11) is 0. The first kappa shape index (κ1) is 17.0. The number of carbonyl (C=O) groups excluding carboxylic acids is 1. The Morgan fingerprint density at radius 3 is 2.64 bits per heavy atom. The molecular weight excluding hydrogens is 276 g/mol. The fraction of sp³-hybridized carbons (Fsp3) is 0.579. The van der Waals surface area contributed by atoms with Gasteiger partial charge in [-0.05, 0) is 56.1 Å². The molecule has 0 aromatic heterocycles. The Morgan fingerprint density at radius 2 is 1.95 bits per heavy atom.